The van der Waals surface area contributed by atoms with E-state index in [0.29, 0.717) is 4.58 Å². The first-order chi connectivity index (χ1) is 13.0. The fourth-order valence-electron chi connectivity index (χ4n) is 4.04. The van der Waals surface area contributed by atoms with Crippen LogP contribution in [0.25, 0.3) is 5.57 Å². The van der Waals surface area contributed by atoms with E-state index in [4.69, 9.17) is 5.73 Å². The third-order valence-corrected chi connectivity index (χ3v) is 8.45. The lowest BCUT2D eigenvalue weighted by atomic mass is 9.81. The van der Waals surface area contributed by atoms with Crippen LogP contribution in [0.2, 0.25) is 0 Å². The Labute approximate surface area is 167 Å². The Bertz CT molecular complexity index is 908. The molecule has 1 atom stereocenters. The van der Waals surface area contributed by atoms with E-state index < -0.39 is 5.54 Å². The number of nitrogens with two attached hydrogens (primary N) is 1. The third-order valence-electron chi connectivity index (χ3n) is 5.50. The number of nitro groups is 1. The first-order valence-electron chi connectivity index (χ1n) is 9.09. The van der Waals surface area contributed by atoms with Crippen molar-refractivity contribution in [3.8, 4) is 0 Å². The number of thioether (sulfide) groups is 2. The van der Waals surface area contributed by atoms with Crippen LogP contribution in [0.3, 0.4) is 0 Å². The maximum Gasteiger partial charge on any atom is 0.270 e. The molecule has 0 saturated carbocycles. The maximum absolute atomic E-state index is 11.4. The number of hydrogen-bond acceptors (Lipinski definition) is 5. The molecule has 140 valence electrons. The van der Waals surface area contributed by atoms with Gasteiger partial charge in [0.05, 0.1) is 15.0 Å². The van der Waals surface area contributed by atoms with Gasteiger partial charge < -0.3 is 5.73 Å². The van der Waals surface area contributed by atoms with Gasteiger partial charge in [-0.05, 0) is 65.2 Å². The number of fused-ring (bicyclic) bond motifs is 1. The summed E-state index contributed by atoms with van der Waals surface area (Å²) in [6, 6.07) is 15.2. The van der Waals surface area contributed by atoms with Crippen LogP contribution in [0.4, 0.5) is 5.69 Å². The summed E-state index contributed by atoms with van der Waals surface area (Å²) < 4.78 is 0.480. The second-order valence-corrected chi connectivity index (χ2v) is 9.91. The van der Waals surface area contributed by atoms with Crippen LogP contribution >= 0.6 is 23.5 Å². The van der Waals surface area contributed by atoms with Crippen molar-refractivity contribution in [3.63, 3.8) is 0 Å². The molecule has 6 heteroatoms. The van der Waals surface area contributed by atoms with E-state index in [1.165, 1.54) is 23.5 Å². The van der Waals surface area contributed by atoms with Gasteiger partial charge in [-0.15, -0.1) is 23.5 Å². The molecule has 2 aromatic rings. The Hall–Kier alpha value is -1.76. The lowest BCUT2D eigenvalue weighted by Gasteiger charge is -2.29. The number of hydrogen-bond donors (Lipinski definition) is 1. The maximum atomic E-state index is 11.4. The highest BCUT2D eigenvalue weighted by Gasteiger charge is 2.42. The summed E-state index contributed by atoms with van der Waals surface area (Å²) in [7, 11) is 0. The molecule has 4 nitrogen and oxygen atoms in total. The number of benzene rings is 2. The predicted molar refractivity (Wildman–Crippen MR) is 115 cm³/mol. The minimum absolute atomic E-state index is 0.125. The largest absolute Gasteiger partial charge is 0.314 e. The standard InChI is InChI=1S/C21H22N2O2S2/c1-14-17(13-20-26-10-5-11-27-20)18-12-16(23(24)25)8-9-19(18)21(14,22)15-6-3-2-4-7-15/h2-4,6-9,12,20H,5,10-11,13,22H2,1H3/t21-/m1/s1. The zero-order valence-corrected chi connectivity index (χ0v) is 16.8. The van der Waals surface area contributed by atoms with Crippen molar-refractivity contribution < 1.29 is 4.92 Å². The Kier molecular flexibility index (Phi) is 5.05. The smallest absolute Gasteiger partial charge is 0.270 e. The molecule has 2 aliphatic rings. The molecule has 0 amide bonds. The summed E-state index contributed by atoms with van der Waals surface area (Å²) >= 11 is 3.97. The van der Waals surface area contributed by atoms with E-state index >= 15 is 0 Å². The molecule has 0 spiro atoms. The summed E-state index contributed by atoms with van der Waals surface area (Å²) in [6.07, 6.45) is 2.14. The van der Waals surface area contributed by atoms with Gasteiger partial charge in [-0.1, -0.05) is 30.3 Å². The molecule has 0 bridgehead atoms. The molecule has 1 aliphatic carbocycles. The van der Waals surface area contributed by atoms with Crippen molar-refractivity contribution in [3.05, 3.63) is 80.9 Å². The summed E-state index contributed by atoms with van der Waals surface area (Å²) in [6.45, 7) is 2.09. The molecule has 0 aromatic heterocycles. The Morgan fingerprint density at radius 1 is 1.19 bits per heavy atom. The molecule has 1 saturated heterocycles. The highest BCUT2D eigenvalue weighted by atomic mass is 32.2. The van der Waals surface area contributed by atoms with Gasteiger partial charge in [0.25, 0.3) is 5.69 Å². The molecule has 1 heterocycles. The molecule has 2 aromatic carbocycles. The minimum atomic E-state index is -0.731. The van der Waals surface area contributed by atoms with E-state index in [9.17, 15) is 10.1 Å². The van der Waals surface area contributed by atoms with E-state index in [-0.39, 0.29) is 10.6 Å². The van der Waals surface area contributed by atoms with Gasteiger partial charge >= 0.3 is 0 Å². The average Bonchev–Trinajstić information content (AvgIpc) is 2.92. The Morgan fingerprint density at radius 3 is 2.56 bits per heavy atom. The van der Waals surface area contributed by atoms with Crippen molar-refractivity contribution in [2.45, 2.75) is 29.9 Å². The summed E-state index contributed by atoms with van der Waals surface area (Å²) in [4.78, 5) is 11.0. The molecule has 2 N–H and O–H groups in total. The molecule has 0 radical (unpaired) electrons. The van der Waals surface area contributed by atoms with Crippen LogP contribution in [0.15, 0.2) is 54.1 Å². The van der Waals surface area contributed by atoms with Crippen LogP contribution in [0, 0.1) is 10.1 Å². The number of non-ortho nitro benzene ring substituents is 1. The SMILES string of the molecule is CC1=C(CC2SCCCS2)c2cc([N+](=O)[O-])ccc2[C@]1(N)c1ccccc1. The Balaban J connectivity index is 1.85. The second kappa shape index (κ2) is 7.34. The predicted octanol–water partition coefficient (Wildman–Crippen LogP) is 5.17. The first kappa shape index (κ1) is 18.6. The lowest BCUT2D eigenvalue weighted by molar-refractivity contribution is -0.384. The Morgan fingerprint density at radius 2 is 1.89 bits per heavy atom. The van der Waals surface area contributed by atoms with Gasteiger partial charge in [0.2, 0.25) is 0 Å². The molecule has 0 unspecified atom stereocenters. The van der Waals surface area contributed by atoms with E-state index in [1.807, 2.05) is 59.9 Å². The highest BCUT2D eigenvalue weighted by Crippen LogP contribution is 2.51. The number of nitro benzene ring substituents is 1. The fraction of sp³-hybridized carbons (Fsp3) is 0.333. The van der Waals surface area contributed by atoms with Gasteiger partial charge in [0.1, 0.15) is 0 Å². The topological polar surface area (TPSA) is 69.2 Å². The molecule has 4 rings (SSSR count). The molecular weight excluding hydrogens is 376 g/mol. The summed E-state index contributed by atoms with van der Waals surface area (Å²) in [5.41, 5.74) is 11.6. The lowest BCUT2D eigenvalue weighted by Crippen LogP contribution is -2.37. The zero-order valence-electron chi connectivity index (χ0n) is 15.2. The van der Waals surface area contributed by atoms with E-state index in [0.717, 1.165) is 28.7 Å². The molecule has 1 aliphatic heterocycles. The zero-order chi connectivity index (χ0) is 19.0. The number of allylic oxidation sites excluding steroid dienone is 1. The van der Waals surface area contributed by atoms with Crippen molar-refractivity contribution >= 4 is 34.8 Å². The minimum Gasteiger partial charge on any atom is -0.314 e. The van der Waals surface area contributed by atoms with Gasteiger partial charge in [0, 0.05) is 12.1 Å². The van der Waals surface area contributed by atoms with E-state index in [2.05, 4.69) is 6.92 Å². The first-order valence-corrected chi connectivity index (χ1v) is 11.2. The molecular formula is C21H22N2O2S2. The normalized spacial score (nSPS) is 22.7. The van der Waals surface area contributed by atoms with Crippen molar-refractivity contribution in [1.82, 2.24) is 0 Å². The van der Waals surface area contributed by atoms with E-state index in [1.54, 1.807) is 12.1 Å². The summed E-state index contributed by atoms with van der Waals surface area (Å²) in [5, 5.41) is 11.4. The van der Waals surface area contributed by atoms with Crippen molar-refractivity contribution in [1.29, 1.82) is 0 Å². The third kappa shape index (κ3) is 3.20. The summed E-state index contributed by atoms with van der Waals surface area (Å²) in [5.74, 6) is 2.36. The highest BCUT2D eigenvalue weighted by molar-refractivity contribution is 8.17. The van der Waals surface area contributed by atoms with Crippen LogP contribution in [0.1, 0.15) is 36.5 Å². The van der Waals surface area contributed by atoms with Gasteiger partial charge in [0.15, 0.2) is 0 Å². The van der Waals surface area contributed by atoms with Crippen LogP contribution in [-0.4, -0.2) is 21.0 Å². The van der Waals surface area contributed by atoms with Crippen molar-refractivity contribution in [2.24, 2.45) is 5.73 Å². The molecule has 1 fully saturated rings. The van der Waals surface area contributed by atoms with Gasteiger partial charge in [-0.2, -0.15) is 0 Å². The fourth-order valence-corrected chi connectivity index (χ4v) is 6.90. The number of rotatable bonds is 4. The second-order valence-electron chi connectivity index (χ2n) is 6.99. The van der Waals surface area contributed by atoms with Crippen LogP contribution in [0.5, 0.6) is 0 Å². The van der Waals surface area contributed by atoms with Crippen LogP contribution in [-0.2, 0) is 5.54 Å². The average molecular weight is 399 g/mol. The quantitative estimate of drug-likeness (QED) is 0.568. The monoisotopic (exact) mass is 398 g/mol. The molecule has 27 heavy (non-hydrogen) atoms. The van der Waals surface area contributed by atoms with Crippen LogP contribution < -0.4 is 5.73 Å². The van der Waals surface area contributed by atoms with Crippen molar-refractivity contribution in [2.75, 3.05) is 11.5 Å². The van der Waals surface area contributed by atoms with Gasteiger partial charge in [-0.25, -0.2) is 0 Å². The van der Waals surface area contributed by atoms with Gasteiger partial charge in [-0.3, -0.25) is 10.1 Å². The number of nitrogens with zero attached hydrogens (tertiary/aromatic N) is 1.